The molecule has 4 rings (SSSR count). The Bertz CT molecular complexity index is 1000. The summed E-state index contributed by atoms with van der Waals surface area (Å²) in [7, 11) is 1.63. The highest BCUT2D eigenvalue weighted by molar-refractivity contribution is 6.30. The summed E-state index contributed by atoms with van der Waals surface area (Å²) in [4.78, 5) is 19.5. The van der Waals surface area contributed by atoms with Crippen molar-refractivity contribution in [1.29, 1.82) is 0 Å². The van der Waals surface area contributed by atoms with E-state index in [1.807, 2.05) is 53.4 Å². The van der Waals surface area contributed by atoms with Crippen LogP contribution in [0.5, 0.6) is 5.75 Å². The topological polar surface area (TPSA) is 55.6 Å². The molecule has 0 radical (unpaired) electrons. The number of benzene rings is 2. The number of piperidine rings is 1. The number of hydrogen-bond donors (Lipinski definition) is 0. The molecule has 1 aromatic heterocycles. The lowest BCUT2D eigenvalue weighted by Crippen LogP contribution is -2.39. The van der Waals surface area contributed by atoms with Crippen LogP contribution in [-0.4, -0.2) is 29.4 Å². The number of aromatic nitrogens is 1. The Kier molecular flexibility index (Phi) is 6.38. The van der Waals surface area contributed by atoms with E-state index in [2.05, 4.69) is 4.98 Å². The number of nitrogens with zero attached hydrogens (tertiary/aromatic N) is 2. The maximum Gasteiger partial charge on any atom is 0.227 e. The normalized spacial score (nSPS) is 16.5. The fraction of sp³-hybridized carbons (Fsp3) is 0.333. The summed E-state index contributed by atoms with van der Waals surface area (Å²) in [6.45, 7) is 0.725. The second kappa shape index (κ2) is 9.35. The molecule has 0 spiro atoms. The fourth-order valence-corrected chi connectivity index (χ4v) is 4.03. The van der Waals surface area contributed by atoms with Gasteiger partial charge in [-0.15, -0.1) is 0 Å². The highest BCUT2D eigenvalue weighted by Gasteiger charge is 2.31. The quantitative estimate of drug-likeness (QED) is 0.544. The molecule has 0 N–H and O–H groups in total. The predicted octanol–water partition coefficient (Wildman–Crippen LogP) is 5.22. The summed E-state index contributed by atoms with van der Waals surface area (Å²) >= 11 is 5.96. The number of methoxy groups -OCH3 is 1. The minimum Gasteiger partial charge on any atom is -0.497 e. The Morgan fingerprint density at radius 2 is 2.03 bits per heavy atom. The average Bonchev–Trinajstić information content (AvgIpc) is 3.24. The third-order valence-corrected chi connectivity index (χ3v) is 5.71. The molecule has 1 aliphatic rings. The van der Waals surface area contributed by atoms with Gasteiger partial charge in [-0.3, -0.25) is 4.79 Å². The maximum atomic E-state index is 13.1. The minimum absolute atomic E-state index is 0.0883. The van der Waals surface area contributed by atoms with Gasteiger partial charge in [-0.1, -0.05) is 35.9 Å². The second-order valence-electron chi connectivity index (χ2n) is 7.60. The van der Waals surface area contributed by atoms with Crippen LogP contribution in [0.3, 0.4) is 0 Å². The van der Waals surface area contributed by atoms with Crippen LogP contribution in [0.1, 0.15) is 48.1 Å². The van der Waals surface area contributed by atoms with Crippen molar-refractivity contribution in [3.8, 4) is 5.75 Å². The van der Waals surface area contributed by atoms with E-state index in [0.717, 1.165) is 48.4 Å². The first-order chi connectivity index (χ1) is 14.6. The van der Waals surface area contributed by atoms with Gasteiger partial charge in [0.15, 0.2) is 0 Å². The van der Waals surface area contributed by atoms with Crippen LogP contribution in [-0.2, 0) is 17.6 Å². The number of carbonyl (C=O) groups is 1. The first-order valence-corrected chi connectivity index (χ1v) is 10.6. The van der Waals surface area contributed by atoms with Gasteiger partial charge in [0, 0.05) is 18.0 Å². The molecule has 1 fully saturated rings. The van der Waals surface area contributed by atoms with E-state index in [9.17, 15) is 4.79 Å². The van der Waals surface area contributed by atoms with Crippen molar-refractivity contribution in [2.75, 3.05) is 13.7 Å². The molecule has 30 heavy (non-hydrogen) atoms. The molecule has 1 saturated heterocycles. The van der Waals surface area contributed by atoms with Crippen molar-refractivity contribution in [2.24, 2.45) is 0 Å². The molecule has 0 aliphatic carbocycles. The smallest absolute Gasteiger partial charge is 0.227 e. The van der Waals surface area contributed by atoms with Crippen LogP contribution in [0.4, 0.5) is 0 Å². The van der Waals surface area contributed by atoms with Gasteiger partial charge < -0.3 is 14.1 Å². The van der Waals surface area contributed by atoms with Gasteiger partial charge >= 0.3 is 0 Å². The Morgan fingerprint density at radius 3 is 2.83 bits per heavy atom. The molecule has 1 atom stereocenters. The van der Waals surface area contributed by atoms with Gasteiger partial charge in [-0.05, 0) is 54.7 Å². The van der Waals surface area contributed by atoms with Gasteiger partial charge in [-0.2, -0.15) is 0 Å². The van der Waals surface area contributed by atoms with Gasteiger partial charge in [0.2, 0.25) is 11.8 Å². The lowest BCUT2D eigenvalue weighted by molar-refractivity contribution is -0.134. The zero-order chi connectivity index (χ0) is 20.9. The molecular formula is C24H25ClN2O3. The van der Waals surface area contributed by atoms with Gasteiger partial charge in [0.1, 0.15) is 17.6 Å². The highest BCUT2D eigenvalue weighted by atomic mass is 35.5. The van der Waals surface area contributed by atoms with Gasteiger partial charge in [-0.25, -0.2) is 4.98 Å². The van der Waals surface area contributed by atoms with Crippen LogP contribution in [0, 0.1) is 0 Å². The van der Waals surface area contributed by atoms with Crippen LogP contribution in [0.25, 0.3) is 0 Å². The molecule has 156 valence electrons. The predicted molar refractivity (Wildman–Crippen MR) is 116 cm³/mol. The van der Waals surface area contributed by atoms with E-state index in [-0.39, 0.29) is 11.9 Å². The molecule has 2 aromatic carbocycles. The molecule has 5 nitrogen and oxygen atoms in total. The third kappa shape index (κ3) is 4.85. The van der Waals surface area contributed by atoms with Crippen LogP contribution in [0.15, 0.2) is 59.1 Å². The largest absolute Gasteiger partial charge is 0.497 e. The summed E-state index contributed by atoms with van der Waals surface area (Å²) in [5, 5.41) is 0.712. The zero-order valence-electron chi connectivity index (χ0n) is 17.0. The summed E-state index contributed by atoms with van der Waals surface area (Å²) in [5.41, 5.74) is 2.05. The minimum atomic E-state index is -0.115. The van der Waals surface area contributed by atoms with Crippen LogP contribution >= 0.6 is 11.6 Å². The maximum absolute atomic E-state index is 13.1. The fourth-order valence-electron chi connectivity index (χ4n) is 3.91. The summed E-state index contributed by atoms with van der Waals surface area (Å²) < 4.78 is 11.3. The monoisotopic (exact) mass is 424 g/mol. The molecule has 1 amide bonds. The number of likely N-dealkylation sites (tertiary alicyclic amines) is 1. The van der Waals surface area contributed by atoms with Crippen molar-refractivity contribution >= 4 is 17.5 Å². The van der Waals surface area contributed by atoms with E-state index in [4.69, 9.17) is 20.8 Å². The van der Waals surface area contributed by atoms with E-state index in [0.29, 0.717) is 23.8 Å². The lowest BCUT2D eigenvalue weighted by Gasteiger charge is -2.34. The third-order valence-electron chi connectivity index (χ3n) is 5.46. The first-order valence-electron chi connectivity index (χ1n) is 10.2. The Hall–Kier alpha value is -2.79. The van der Waals surface area contributed by atoms with Gasteiger partial charge in [0.25, 0.3) is 0 Å². The zero-order valence-corrected chi connectivity index (χ0v) is 17.8. The molecular weight excluding hydrogens is 400 g/mol. The van der Waals surface area contributed by atoms with Crippen molar-refractivity contribution in [1.82, 2.24) is 9.88 Å². The molecule has 2 heterocycles. The molecule has 1 aliphatic heterocycles. The number of ether oxygens (including phenoxy) is 1. The highest BCUT2D eigenvalue weighted by Crippen LogP contribution is 2.31. The van der Waals surface area contributed by atoms with Crippen LogP contribution < -0.4 is 4.74 Å². The lowest BCUT2D eigenvalue weighted by atomic mass is 10.0. The standard InChI is InChI=1S/C24H25ClN2O3/c1-29-20-6-4-5-18(14-20)15-23(28)27-12-3-2-7-22(27)24-26-16-21(30-24)13-17-8-10-19(25)11-9-17/h4-6,8-11,14,16,22H,2-3,7,12-13,15H2,1H3/t22-/m1/s1. The SMILES string of the molecule is COc1cccc(CC(=O)N2CCCC[C@@H]2c2ncc(Cc3ccc(Cl)cc3)o2)c1. The number of carbonyl (C=O) groups excluding carboxylic acids is 1. The Morgan fingerprint density at radius 1 is 1.20 bits per heavy atom. The van der Waals surface area contributed by atoms with E-state index < -0.39 is 0 Å². The molecule has 3 aromatic rings. The van der Waals surface area contributed by atoms with Gasteiger partial charge in [0.05, 0.1) is 19.7 Å². The number of amides is 1. The van der Waals surface area contributed by atoms with Crippen LogP contribution in [0.2, 0.25) is 5.02 Å². The van der Waals surface area contributed by atoms with Crippen molar-refractivity contribution < 1.29 is 13.9 Å². The number of rotatable bonds is 6. The molecule has 0 unspecified atom stereocenters. The van der Waals surface area contributed by atoms with Crippen molar-refractivity contribution in [2.45, 2.75) is 38.1 Å². The van der Waals surface area contributed by atoms with E-state index in [1.165, 1.54) is 0 Å². The van der Waals surface area contributed by atoms with Crippen molar-refractivity contribution in [3.63, 3.8) is 0 Å². The van der Waals surface area contributed by atoms with E-state index >= 15 is 0 Å². The second-order valence-corrected chi connectivity index (χ2v) is 8.03. The molecule has 0 saturated carbocycles. The number of halogens is 1. The van der Waals surface area contributed by atoms with E-state index in [1.54, 1.807) is 13.3 Å². The summed E-state index contributed by atoms with van der Waals surface area (Å²) in [6.07, 6.45) is 5.68. The Labute approximate surface area is 181 Å². The first kappa shape index (κ1) is 20.5. The molecule has 6 heteroatoms. The summed E-state index contributed by atoms with van der Waals surface area (Å²) in [5.74, 6) is 2.26. The number of oxazole rings is 1. The Balaban J connectivity index is 1.47. The summed E-state index contributed by atoms with van der Waals surface area (Å²) in [6, 6.07) is 15.2. The molecule has 0 bridgehead atoms. The van der Waals surface area contributed by atoms with Crippen molar-refractivity contribution in [3.05, 3.63) is 82.5 Å². The average molecular weight is 425 g/mol. The number of hydrogen-bond acceptors (Lipinski definition) is 4.